The molecule has 0 aromatic carbocycles. The zero-order chi connectivity index (χ0) is 12.3. The monoisotopic (exact) mass is 301 g/mol. The van der Waals surface area contributed by atoms with Crippen LogP contribution in [0.15, 0.2) is 0 Å². The normalized spacial score (nSPS) is 29.1. The maximum Gasteiger partial charge on any atom is 0.222 e. The van der Waals surface area contributed by atoms with Gasteiger partial charge in [0, 0.05) is 24.8 Å². The van der Waals surface area contributed by atoms with Crippen LogP contribution in [-0.4, -0.2) is 29.2 Å². The molecule has 2 fully saturated rings. The van der Waals surface area contributed by atoms with Crippen molar-refractivity contribution in [1.29, 1.82) is 0 Å². The summed E-state index contributed by atoms with van der Waals surface area (Å²) in [5.41, 5.74) is 0. The first-order chi connectivity index (χ1) is 8.15. The molecule has 98 valence electrons. The smallest absolute Gasteiger partial charge is 0.222 e. The third-order valence-electron chi connectivity index (χ3n) is 4.38. The van der Waals surface area contributed by atoms with Crippen molar-refractivity contribution in [2.24, 2.45) is 11.8 Å². The van der Waals surface area contributed by atoms with Gasteiger partial charge in [-0.15, -0.1) is 0 Å². The van der Waals surface area contributed by atoms with Crippen molar-refractivity contribution in [3.63, 3.8) is 0 Å². The topological polar surface area (TPSA) is 20.3 Å². The molecule has 1 amide bonds. The highest BCUT2D eigenvalue weighted by atomic mass is 79.9. The molecule has 17 heavy (non-hydrogen) atoms. The second-order valence-corrected chi connectivity index (χ2v) is 7.19. The lowest BCUT2D eigenvalue weighted by Gasteiger charge is -2.34. The van der Waals surface area contributed by atoms with Crippen LogP contribution in [0.2, 0.25) is 0 Å². The number of rotatable bonds is 5. The van der Waals surface area contributed by atoms with E-state index in [1.54, 1.807) is 0 Å². The van der Waals surface area contributed by atoms with Gasteiger partial charge >= 0.3 is 0 Å². The van der Waals surface area contributed by atoms with Crippen LogP contribution in [0.4, 0.5) is 0 Å². The van der Waals surface area contributed by atoms with E-state index in [-0.39, 0.29) is 0 Å². The molecule has 2 saturated carbocycles. The minimum absolute atomic E-state index is 0.356. The van der Waals surface area contributed by atoms with Gasteiger partial charge in [-0.1, -0.05) is 41.6 Å². The first-order valence-electron chi connectivity index (χ1n) is 7.03. The third-order valence-corrected chi connectivity index (χ3v) is 5.12. The molecule has 0 atom stereocenters. The predicted molar refractivity (Wildman–Crippen MR) is 74.3 cm³/mol. The van der Waals surface area contributed by atoms with Gasteiger partial charge in [0.25, 0.3) is 0 Å². The molecule has 0 spiro atoms. The number of carbonyl (C=O) groups is 1. The molecule has 2 aliphatic rings. The molecule has 0 saturated heterocycles. The van der Waals surface area contributed by atoms with E-state index in [0.717, 1.165) is 31.2 Å². The van der Waals surface area contributed by atoms with Gasteiger partial charge in [0.2, 0.25) is 5.91 Å². The molecule has 0 aromatic rings. The molecule has 0 heterocycles. The Morgan fingerprint density at radius 2 is 1.88 bits per heavy atom. The number of alkyl halides is 1. The summed E-state index contributed by atoms with van der Waals surface area (Å²) in [4.78, 5) is 14.6. The van der Waals surface area contributed by atoms with E-state index in [1.807, 2.05) is 11.9 Å². The molecule has 2 aliphatic carbocycles. The van der Waals surface area contributed by atoms with Gasteiger partial charge in [-0.3, -0.25) is 4.79 Å². The molecule has 2 rings (SSSR count). The number of halogens is 1. The maximum absolute atomic E-state index is 12.0. The summed E-state index contributed by atoms with van der Waals surface area (Å²) in [6, 6.07) is 0. The SMILES string of the molecule is CN(CC1CC(Br)C1)C(=O)CCC1CCCC1. The highest BCUT2D eigenvalue weighted by Gasteiger charge is 2.28. The summed E-state index contributed by atoms with van der Waals surface area (Å²) in [6.45, 7) is 0.964. The van der Waals surface area contributed by atoms with Crippen molar-refractivity contribution in [2.75, 3.05) is 13.6 Å². The Bertz CT molecular complexity index is 257. The van der Waals surface area contributed by atoms with E-state index in [1.165, 1.54) is 38.5 Å². The molecule has 0 bridgehead atoms. The van der Waals surface area contributed by atoms with Gasteiger partial charge in [-0.05, 0) is 31.1 Å². The van der Waals surface area contributed by atoms with Crippen molar-refractivity contribution in [2.45, 2.75) is 56.2 Å². The molecular formula is C14H24BrNO. The lowest BCUT2D eigenvalue weighted by atomic mass is 9.85. The second kappa shape index (κ2) is 6.21. The number of hydrogen-bond donors (Lipinski definition) is 0. The van der Waals surface area contributed by atoms with Crippen molar-refractivity contribution in [3.05, 3.63) is 0 Å². The highest BCUT2D eigenvalue weighted by molar-refractivity contribution is 9.09. The van der Waals surface area contributed by atoms with E-state index < -0.39 is 0 Å². The number of carbonyl (C=O) groups excluding carboxylic acids is 1. The summed E-state index contributed by atoms with van der Waals surface area (Å²) < 4.78 is 0. The van der Waals surface area contributed by atoms with Gasteiger partial charge in [0.15, 0.2) is 0 Å². The summed E-state index contributed by atoms with van der Waals surface area (Å²) in [5.74, 6) is 1.93. The van der Waals surface area contributed by atoms with Crippen LogP contribution in [0.5, 0.6) is 0 Å². The van der Waals surface area contributed by atoms with Crippen LogP contribution >= 0.6 is 15.9 Å². The van der Waals surface area contributed by atoms with Gasteiger partial charge < -0.3 is 4.90 Å². The maximum atomic E-state index is 12.0. The average molecular weight is 302 g/mol. The fourth-order valence-electron chi connectivity index (χ4n) is 3.11. The van der Waals surface area contributed by atoms with Crippen molar-refractivity contribution >= 4 is 21.8 Å². The first kappa shape index (κ1) is 13.4. The predicted octanol–water partition coefficient (Wildman–Crippen LogP) is 3.59. The highest BCUT2D eigenvalue weighted by Crippen LogP contribution is 2.34. The minimum Gasteiger partial charge on any atom is -0.345 e. The molecule has 0 aromatic heterocycles. The van der Waals surface area contributed by atoms with Crippen molar-refractivity contribution < 1.29 is 4.79 Å². The van der Waals surface area contributed by atoms with E-state index >= 15 is 0 Å². The van der Waals surface area contributed by atoms with Gasteiger partial charge in [0.1, 0.15) is 0 Å². The minimum atomic E-state index is 0.356. The van der Waals surface area contributed by atoms with Crippen LogP contribution in [0, 0.1) is 11.8 Å². The van der Waals surface area contributed by atoms with Crippen molar-refractivity contribution in [1.82, 2.24) is 4.90 Å². The average Bonchev–Trinajstić information content (AvgIpc) is 2.76. The van der Waals surface area contributed by atoms with Crippen LogP contribution in [-0.2, 0) is 4.79 Å². The summed E-state index contributed by atoms with van der Waals surface area (Å²) >= 11 is 3.60. The largest absolute Gasteiger partial charge is 0.345 e. The van der Waals surface area contributed by atoms with Gasteiger partial charge in [-0.25, -0.2) is 0 Å². The molecule has 0 N–H and O–H groups in total. The zero-order valence-electron chi connectivity index (χ0n) is 10.8. The standard InChI is InChI=1S/C14H24BrNO/c1-16(10-12-8-13(15)9-12)14(17)7-6-11-4-2-3-5-11/h11-13H,2-10H2,1H3. The Balaban J connectivity index is 1.61. The van der Waals surface area contributed by atoms with E-state index in [0.29, 0.717) is 10.7 Å². The van der Waals surface area contributed by atoms with Crippen LogP contribution in [0.3, 0.4) is 0 Å². The first-order valence-corrected chi connectivity index (χ1v) is 7.94. The van der Waals surface area contributed by atoms with Crippen molar-refractivity contribution in [3.8, 4) is 0 Å². The van der Waals surface area contributed by atoms with Crippen LogP contribution in [0.1, 0.15) is 51.4 Å². The number of amides is 1. The van der Waals surface area contributed by atoms with E-state index in [2.05, 4.69) is 15.9 Å². The number of nitrogens with zero attached hydrogens (tertiary/aromatic N) is 1. The third kappa shape index (κ3) is 3.97. The Morgan fingerprint density at radius 1 is 1.24 bits per heavy atom. The summed E-state index contributed by atoms with van der Waals surface area (Å²) in [6.07, 6.45) is 9.82. The summed E-state index contributed by atoms with van der Waals surface area (Å²) in [5, 5.41) is 0. The Labute approximate surface area is 113 Å². The molecule has 3 heteroatoms. The number of hydrogen-bond acceptors (Lipinski definition) is 1. The van der Waals surface area contributed by atoms with Gasteiger partial charge in [-0.2, -0.15) is 0 Å². The molecular weight excluding hydrogens is 278 g/mol. The quantitative estimate of drug-likeness (QED) is 0.711. The zero-order valence-corrected chi connectivity index (χ0v) is 12.4. The molecule has 0 radical (unpaired) electrons. The molecule has 0 unspecified atom stereocenters. The lowest BCUT2D eigenvalue weighted by Crippen LogP contribution is -2.37. The molecule has 0 aliphatic heterocycles. The molecule has 2 nitrogen and oxygen atoms in total. The summed E-state index contributed by atoms with van der Waals surface area (Å²) in [7, 11) is 1.97. The Morgan fingerprint density at radius 3 is 2.47 bits per heavy atom. The van der Waals surface area contributed by atoms with Crippen LogP contribution < -0.4 is 0 Å². The Kier molecular flexibility index (Phi) is 4.89. The van der Waals surface area contributed by atoms with Gasteiger partial charge in [0.05, 0.1) is 0 Å². The fourth-order valence-corrected chi connectivity index (χ4v) is 4.17. The van der Waals surface area contributed by atoms with E-state index in [9.17, 15) is 4.79 Å². The second-order valence-electron chi connectivity index (χ2n) is 5.90. The fraction of sp³-hybridized carbons (Fsp3) is 0.929. The lowest BCUT2D eigenvalue weighted by molar-refractivity contribution is -0.131. The van der Waals surface area contributed by atoms with Crippen LogP contribution in [0.25, 0.3) is 0 Å². The van der Waals surface area contributed by atoms with E-state index in [4.69, 9.17) is 0 Å². The Hall–Kier alpha value is -0.0500.